The van der Waals surface area contributed by atoms with Gasteiger partial charge in [-0.15, -0.1) is 0 Å². The Morgan fingerprint density at radius 1 is 1.08 bits per heavy atom. The monoisotopic (exact) mass is 332 g/mol. The average Bonchev–Trinajstić information content (AvgIpc) is 3.15. The van der Waals surface area contributed by atoms with Gasteiger partial charge in [0.1, 0.15) is 5.82 Å². The number of nitrogens with zero attached hydrogens (tertiary/aromatic N) is 2. The molecule has 2 fully saturated rings. The van der Waals surface area contributed by atoms with E-state index in [9.17, 15) is 14.0 Å². The third-order valence-corrected chi connectivity index (χ3v) is 5.28. The second-order valence-electron chi connectivity index (χ2n) is 6.91. The maximum Gasteiger partial charge on any atom is 0.239 e. The first-order valence-corrected chi connectivity index (χ1v) is 8.89. The molecule has 0 radical (unpaired) electrons. The maximum absolute atomic E-state index is 13.0. The van der Waals surface area contributed by atoms with Crippen LogP contribution in [0, 0.1) is 11.7 Å². The molecule has 0 N–H and O–H groups in total. The molecule has 0 aliphatic carbocycles. The number of likely N-dealkylation sites (tertiary alicyclic amines) is 2. The largest absolute Gasteiger partial charge is 0.341 e. The van der Waals surface area contributed by atoms with Crippen LogP contribution in [0.15, 0.2) is 24.3 Å². The smallest absolute Gasteiger partial charge is 0.239 e. The second-order valence-corrected chi connectivity index (χ2v) is 6.91. The highest BCUT2D eigenvalue weighted by Gasteiger charge is 2.33. The Kier molecular flexibility index (Phi) is 5.29. The van der Waals surface area contributed by atoms with Gasteiger partial charge < -0.3 is 4.90 Å². The van der Waals surface area contributed by atoms with Crippen molar-refractivity contribution in [3.8, 4) is 0 Å². The van der Waals surface area contributed by atoms with Gasteiger partial charge in [0.05, 0.1) is 6.04 Å². The van der Waals surface area contributed by atoms with Crippen molar-refractivity contribution in [3.05, 3.63) is 35.6 Å². The standard InChI is InChI=1S/C19H25FN2O2/c1-14(19(24)21-10-2-3-11-21)22-12-4-5-16(13-22)18(23)15-6-8-17(20)9-7-15/h6-9,14,16H,2-5,10-13H2,1H3/t14-,16+/m0/s1. The molecule has 2 atom stereocenters. The van der Waals surface area contributed by atoms with Crippen molar-refractivity contribution in [2.75, 3.05) is 26.2 Å². The van der Waals surface area contributed by atoms with E-state index in [1.807, 2.05) is 11.8 Å². The number of hydrogen-bond donors (Lipinski definition) is 0. The SMILES string of the molecule is C[C@@H](C(=O)N1CCCC1)N1CCC[C@@H](C(=O)c2ccc(F)cc2)C1. The molecule has 0 unspecified atom stereocenters. The van der Waals surface area contributed by atoms with E-state index in [0.29, 0.717) is 12.1 Å². The summed E-state index contributed by atoms with van der Waals surface area (Å²) in [6.07, 6.45) is 3.92. The van der Waals surface area contributed by atoms with Crippen LogP contribution in [0.3, 0.4) is 0 Å². The molecule has 2 aliphatic heterocycles. The highest BCUT2D eigenvalue weighted by molar-refractivity contribution is 5.98. The summed E-state index contributed by atoms with van der Waals surface area (Å²) in [5.41, 5.74) is 0.557. The van der Waals surface area contributed by atoms with E-state index in [0.717, 1.165) is 45.3 Å². The fraction of sp³-hybridized carbons (Fsp3) is 0.579. The molecule has 0 aromatic heterocycles. The van der Waals surface area contributed by atoms with E-state index in [1.54, 1.807) is 12.1 Å². The van der Waals surface area contributed by atoms with Gasteiger partial charge in [0, 0.05) is 31.1 Å². The van der Waals surface area contributed by atoms with Gasteiger partial charge in [-0.25, -0.2) is 4.39 Å². The number of rotatable bonds is 4. The lowest BCUT2D eigenvalue weighted by molar-refractivity contribution is -0.135. The van der Waals surface area contributed by atoms with Gasteiger partial charge in [-0.2, -0.15) is 0 Å². The van der Waals surface area contributed by atoms with Crippen LogP contribution in [-0.4, -0.2) is 53.7 Å². The predicted octanol–water partition coefficient (Wildman–Crippen LogP) is 2.73. The highest BCUT2D eigenvalue weighted by atomic mass is 19.1. The van der Waals surface area contributed by atoms with Crippen LogP contribution in [0.2, 0.25) is 0 Å². The molecule has 0 bridgehead atoms. The van der Waals surface area contributed by atoms with Crippen LogP contribution < -0.4 is 0 Å². The van der Waals surface area contributed by atoms with Crippen molar-refractivity contribution in [1.82, 2.24) is 9.80 Å². The Bertz CT molecular complexity index is 596. The summed E-state index contributed by atoms with van der Waals surface area (Å²) < 4.78 is 13.0. The summed E-state index contributed by atoms with van der Waals surface area (Å²) in [4.78, 5) is 29.3. The van der Waals surface area contributed by atoms with Gasteiger partial charge in [-0.05, 0) is 63.4 Å². The molecule has 1 aromatic carbocycles. The number of carbonyl (C=O) groups excluding carboxylic acids is 2. The van der Waals surface area contributed by atoms with E-state index in [1.165, 1.54) is 12.1 Å². The Balaban J connectivity index is 1.64. The van der Waals surface area contributed by atoms with Crippen molar-refractivity contribution in [1.29, 1.82) is 0 Å². The molecular formula is C19H25FN2O2. The quantitative estimate of drug-likeness (QED) is 0.796. The van der Waals surface area contributed by atoms with Crippen LogP contribution in [0.1, 0.15) is 43.0 Å². The number of Topliss-reactive ketones (excluding diaryl/α,β-unsaturated/α-hetero) is 1. The first-order chi connectivity index (χ1) is 11.6. The first kappa shape index (κ1) is 17.1. The predicted molar refractivity (Wildman–Crippen MR) is 90.3 cm³/mol. The van der Waals surface area contributed by atoms with Gasteiger partial charge >= 0.3 is 0 Å². The van der Waals surface area contributed by atoms with Crippen molar-refractivity contribution >= 4 is 11.7 Å². The molecule has 2 heterocycles. The van der Waals surface area contributed by atoms with Crippen LogP contribution in [-0.2, 0) is 4.79 Å². The third-order valence-electron chi connectivity index (χ3n) is 5.28. The van der Waals surface area contributed by atoms with E-state index in [4.69, 9.17) is 0 Å². The van der Waals surface area contributed by atoms with E-state index in [-0.39, 0.29) is 29.5 Å². The molecule has 4 nitrogen and oxygen atoms in total. The average molecular weight is 332 g/mol. The molecule has 2 saturated heterocycles. The lowest BCUT2D eigenvalue weighted by Crippen LogP contribution is -2.50. The number of benzene rings is 1. The summed E-state index contributed by atoms with van der Waals surface area (Å²) in [5.74, 6) is -0.206. The maximum atomic E-state index is 13.0. The number of ketones is 1. The Labute approximate surface area is 142 Å². The number of hydrogen-bond acceptors (Lipinski definition) is 3. The van der Waals surface area contributed by atoms with E-state index >= 15 is 0 Å². The molecule has 1 aromatic rings. The van der Waals surface area contributed by atoms with Gasteiger partial charge in [0.25, 0.3) is 0 Å². The topological polar surface area (TPSA) is 40.6 Å². The summed E-state index contributed by atoms with van der Waals surface area (Å²) in [7, 11) is 0. The van der Waals surface area contributed by atoms with Gasteiger partial charge in [-0.3, -0.25) is 14.5 Å². The molecule has 0 spiro atoms. The third kappa shape index (κ3) is 3.66. The van der Waals surface area contributed by atoms with Crippen molar-refractivity contribution < 1.29 is 14.0 Å². The summed E-state index contributed by atoms with van der Waals surface area (Å²) in [6.45, 7) is 5.13. The number of halogens is 1. The van der Waals surface area contributed by atoms with Crippen LogP contribution in [0.5, 0.6) is 0 Å². The molecule has 5 heteroatoms. The molecule has 0 saturated carbocycles. The Morgan fingerprint density at radius 2 is 1.75 bits per heavy atom. The lowest BCUT2D eigenvalue weighted by Gasteiger charge is -2.36. The van der Waals surface area contributed by atoms with E-state index < -0.39 is 0 Å². The molecule has 2 aliphatic rings. The van der Waals surface area contributed by atoms with Gasteiger partial charge in [0.2, 0.25) is 5.91 Å². The van der Waals surface area contributed by atoms with Gasteiger partial charge in [0.15, 0.2) is 5.78 Å². The minimum Gasteiger partial charge on any atom is -0.341 e. The zero-order chi connectivity index (χ0) is 17.1. The molecular weight excluding hydrogens is 307 g/mol. The van der Waals surface area contributed by atoms with Crippen LogP contribution in [0.25, 0.3) is 0 Å². The molecule has 130 valence electrons. The zero-order valence-electron chi connectivity index (χ0n) is 14.2. The lowest BCUT2D eigenvalue weighted by atomic mass is 9.89. The summed E-state index contributed by atoms with van der Waals surface area (Å²) in [6, 6.07) is 5.58. The Morgan fingerprint density at radius 3 is 2.42 bits per heavy atom. The van der Waals surface area contributed by atoms with Crippen molar-refractivity contribution in [2.45, 2.75) is 38.6 Å². The first-order valence-electron chi connectivity index (χ1n) is 8.89. The summed E-state index contributed by atoms with van der Waals surface area (Å²) in [5, 5.41) is 0. The number of amides is 1. The van der Waals surface area contributed by atoms with Gasteiger partial charge in [-0.1, -0.05) is 0 Å². The highest BCUT2D eigenvalue weighted by Crippen LogP contribution is 2.24. The minimum absolute atomic E-state index is 0.0560. The van der Waals surface area contributed by atoms with Crippen LogP contribution >= 0.6 is 0 Å². The Hall–Kier alpha value is -1.75. The number of carbonyl (C=O) groups is 2. The van der Waals surface area contributed by atoms with Crippen molar-refractivity contribution in [2.24, 2.45) is 5.92 Å². The van der Waals surface area contributed by atoms with Crippen LogP contribution in [0.4, 0.5) is 4.39 Å². The molecule has 24 heavy (non-hydrogen) atoms. The second kappa shape index (κ2) is 7.43. The fourth-order valence-corrected chi connectivity index (χ4v) is 3.78. The van der Waals surface area contributed by atoms with Crippen molar-refractivity contribution in [3.63, 3.8) is 0 Å². The molecule has 3 rings (SSSR count). The van der Waals surface area contributed by atoms with E-state index in [2.05, 4.69) is 4.90 Å². The zero-order valence-corrected chi connectivity index (χ0v) is 14.2. The normalized spacial score (nSPS) is 23.2. The summed E-state index contributed by atoms with van der Waals surface area (Å²) >= 11 is 0. The molecule has 1 amide bonds. The fourth-order valence-electron chi connectivity index (χ4n) is 3.78. The number of piperidine rings is 1. The minimum atomic E-state index is -0.332.